The Morgan fingerprint density at radius 2 is 2.20 bits per heavy atom. The van der Waals surface area contributed by atoms with E-state index < -0.39 is 0 Å². The van der Waals surface area contributed by atoms with Crippen LogP contribution in [-0.2, 0) is 0 Å². The molecule has 3 aromatic rings. The van der Waals surface area contributed by atoms with Gasteiger partial charge in [-0.2, -0.15) is 0 Å². The molecule has 0 saturated carbocycles. The van der Waals surface area contributed by atoms with Crippen molar-refractivity contribution in [2.24, 2.45) is 0 Å². The van der Waals surface area contributed by atoms with Crippen LogP contribution in [0.15, 0.2) is 42.2 Å². The van der Waals surface area contributed by atoms with Crippen molar-refractivity contribution in [1.82, 2.24) is 15.0 Å². The summed E-state index contributed by atoms with van der Waals surface area (Å²) in [6, 6.07) is 7.99. The molecule has 1 N–H and O–H groups in total. The van der Waals surface area contributed by atoms with Crippen molar-refractivity contribution in [3.05, 3.63) is 52.9 Å². The standard InChI is InChI=1S/C14H11ClN4S/c1-9-7-20-14(18-9)10-3-2-4-11(5-10)19-13-12(15)6-16-8-17-13/h2-8H,1H3,(H,16,17,19). The van der Waals surface area contributed by atoms with Gasteiger partial charge in [-0.15, -0.1) is 11.3 Å². The summed E-state index contributed by atoms with van der Waals surface area (Å²) in [5, 5.41) is 6.71. The fraction of sp³-hybridized carbons (Fsp3) is 0.0714. The minimum absolute atomic E-state index is 0.489. The summed E-state index contributed by atoms with van der Waals surface area (Å²) < 4.78 is 0. The van der Waals surface area contributed by atoms with Crippen molar-refractivity contribution in [2.45, 2.75) is 6.92 Å². The predicted molar refractivity (Wildman–Crippen MR) is 82.6 cm³/mol. The Kier molecular flexibility index (Phi) is 3.62. The first-order chi connectivity index (χ1) is 9.72. The lowest BCUT2D eigenvalue weighted by Gasteiger charge is -2.07. The van der Waals surface area contributed by atoms with Crippen LogP contribution < -0.4 is 5.32 Å². The second-order valence-corrected chi connectivity index (χ2v) is 5.48. The molecule has 4 nitrogen and oxygen atoms in total. The lowest BCUT2D eigenvalue weighted by atomic mass is 10.2. The lowest BCUT2D eigenvalue weighted by molar-refractivity contribution is 1.17. The van der Waals surface area contributed by atoms with E-state index in [1.54, 1.807) is 17.5 Å². The Bertz CT molecular complexity index is 741. The molecular formula is C14H11ClN4S. The first-order valence-electron chi connectivity index (χ1n) is 5.97. The van der Waals surface area contributed by atoms with E-state index in [1.165, 1.54) is 6.33 Å². The van der Waals surface area contributed by atoms with Crippen molar-refractivity contribution in [3.8, 4) is 10.6 Å². The maximum absolute atomic E-state index is 6.04. The van der Waals surface area contributed by atoms with Crippen LogP contribution >= 0.6 is 22.9 Å². The van der Waals surface area contributed by atoms with E-state index in [2.05, 4.69) is 20.3 Å². The van der Waals surface area contributed by atoms with Crippen molar-refractivity contribution in [1.29, 1.82) is 0 Å². The van der Waals surface area contributed by atoms with Gasteiger partial charge in [0.1, 0.15) is 16.4 Å². The van der Waals surface area contributed by atoms with E-state index in [0.717, 1.165) is 22.0 Å². The van der Waals surface area contributed by atoms with Crippen LogP contribution in [0.1, 0.15) is 5.69 Å². The van der Waals surface area contributed by atoms with Gasteiger partial charge in [-0.05, 0) is 19.1 Å². The Morgan fingerprint density at radius 3 is 2.95 bits per heavy atom. The monoisotopic (exact) mass is 302 g/mol. The molecule has 6 heteroatoms. The molecule has 0 spiro atoms. The zero-order chi connectivity index (χ0) is 13.9. The van der Waals surface area contributed by atoms with E-state index in [0.29, 0.717) is 10.8 Å². The number of aromatic nitrogens is 3. The molecule has 0 fully saturated rings. The minimum atomic E-state index is 0.489. The molecule has 0 saturated heterocycles. The first kappa shape index (κ1) is 13.0. The third-order valence-electron chi connectivity index (χ3n) is 2.66. The highest BCUT2D eigenvalue weighted by molar-refractivity contribution is 7.13. The minimum Gasteiger partial charge on any atom is -0.339 e. The first-order valence-corrected chi connectivity index (χ1v) is 7.23. The number of hydrogen-bond acceptors (Lipinski definition) is 5. The second kappa shape index (κ2) is 5.56. The van der Waals surface area contributed by atoms with Gasteiger partial charge < -0.3 is 5.32 Å². The maximum atomic E-state index is 6.04. The van der Waals surface area contributed by atoms with Gasteiger partial charge in [-0.1, -0.05) is 23.7 Å². The van der Waals surface area contributed by atoms with Crippen molar-refractivity contribution in [2.75, 3.05) is 5.32 Å². The Balaban J connectivity index is 1.90. The largest absolute Gasteiger partial charge is 0.339 e. The fourth-order valence-electron chi connectivity index (χ4n) is 1.76. The SMILES string of the molecule is Cc1csc(-c2cccc(Nc3ncncc3Cl)c2)n1. The van der Waals surface area contributed by atoms with Crippen molar-refractivity contribution >= 4 is 34.4 Å². The molecule has 2 heterocycles. The molecule has 1 aromatic carbocycles. The molecule has 0 amide bonds. The highest BCUT2D eigenvalue weighted by Crippen LogP contribution is 2.28. The van der Waals surface area contributed by atoms with Gasteiger partial charge in [-0.3, -0.25) is 0 Å². The highest BCUT2D eigenvalue weighted by Gasteiger charge is 2.05. The molecule has 0 radical (unpaired) electrons. The molecular weight excluding hydrogens is 292 g/mol. The predicted octanol–water partition coefficient (Wildman–Crippen LogP) is 4.31. The van der Waals surface area contributed by atoms with E-state index in [-0.39, 0.29) is 0 Å². The Morgan fingerprint density at radius 1 is 1.30 bits per heavy atom. The number of nitrogens with one attached hydrogen (secondary N) is 1. The molecule has 0 aliphatic rings. The van der Waals surface area contributed by atoms with Gasteiger partial charge in [0, 0.05) is 22.3 Å². The molecule has 0 aliphatic heterocycles. The topological polar surface area (TPSA) is 50.7 Å². The highest BCUT2D eigenvalue weighted by atomic mass is 35.5. The Labute approximate surface area is 125 Å². The molecule has 100 valence electrons. The van der Waals surface area contributed by atoms with Crippen LogP contribution in [-0.4, -0.2) is 15.0 Å². The molecule has 0 unspecified atom stereocenters. The average Bonchev–Trinajstić information content (AvgIpc) is 2.89. The zero-order valence-electron chi connectivity index (χ0n) is 10.7. The summed E-state index contributed by atoms with van der Waals surface area (Å²) in [5.74, 6) is 0.592. The third-order valence-corrected chi connectivity index (χ3v) is 3.94. The van der Waals surface area contributed by atoms with Gasteiger partial charge in [0.05, 0.1) is 6.20 Å². The number of thiazole rings is 1. The molecule has 3 rings (SSSR count). The number of nitrogens with zero attached hydrogens (tertiary/aromatic N) is 3. The fourth-order valence-corrected chi connectivity index (χ4v) is 2.70. The van der Waals surface area contributed by atoms with Gasteiger partial charge in [-0.25, -0.2) is 15.0 Å². The van der Waals surface area contributed by atoms with Crippen LogP contribution in [0.4, 0.5) is 11.5 Å². The van der Waals surface area contributed by atoms with Gasteiger partial charge in [0.2, 0.25) is 0 Å². The molecule has 0 bridgehead atoms. The molecule has 2 aromatic heterocycles. The summed E-state index contributed by atoms with van der Waals surface area (Å²) in [7, 11) is 0. The number of anilines is 2. The normalized spacial score (nSPS) is 10.5. The van der Waals surface area contributed by atoms with Crippen molar-refractivity contribution < 1.29 is 0 Å². The van der Waals surface area contributed by atoms with E-state index >= 15 is 0 Å². The van der Waals surface area contributed by atoms with Crippen molar-refractivity contribution in [3.63, 3.8) is 0 Å². The van der Waals surface area contributed by atoms with Crippen LogP contribution in [0.3, 0.4) is 0 Å². The quantitative estimate of drug-likeness (QED) is 0.783. The van der Waals surface area contributed by atoms with Gasteiger partial charge in [0.15, 0.2) is 5.82 Å². The number of rotatable bonds is 3. The summed E-state index contributed by atoms with van der Waals surface area (Å²) in [4.78, 5) is 12.5. The number of halogens is 1. The summed E-state index contributed by atoms with van der Waals surface area (Å²) in [6.07, 6.45) is 3.02. The molecule has 0 aliphatic carbocycles. The average molecular weight is 303 g/mol. The van der Waals surface area contributed by atoms with Crippen LogP contribution in [0.5, 0.6) is 0 Å². The lowest BCUT2D eigenvalue weighted by Crippen LogP contribution is -1.95. The Hall–Kier alpha value is -1.98. The summed E-state index contributed by atoms with van der Waals surface area (Å²) in [5.41, 5.74) is 3.01. The second-order valence-electron chi connectivity index (χ2n) is 4.22. The molecule has 0 atom stereocenters. The van der Waals surface area contributed by atoms with Crippen LogP contribution in [0.2, 0.25) is 5.02 Å². The van der Waals surface area contributed by atoms with Crippen LogP contribution in [0, 0.1) is 6.92 Å². The molecule has 20 heavy (non-hydrogen) atoms. The maximum Gasteiger partial charge on any atom is 0.152 e. The van der Waals surface area contributed by atoms with Gasteiger partial charge in [0.25, 0.3) is 0 Å². The summed E-state index contributed by atoms with van der Waals surface area (Å²) >= 11 is 7.67. The number of aryl methyl sites for hydroxylation is 1. The number of benzene rings is 1. The van der Waals surface area contributed by atoms with E-state index in [4.69, 9.17) is 11.6 Å². The third kappa shape index (κ3) is 2.79. The zero-order valence-corrected chi connectivity index (χ0v) is 12.2. The van der Waals surface area contributed by atoms with E-state index in [1.807, 2.05) is 36.6 Å². The number of hydrogen-bond donors (Lipinski definition) is 1. The smallest absolute Gasteiger partial charge is 0.152 e. The van der Waals surface area contributed by atoms with E-state index in [9.17, 15) is 0 Å². The summed E-state index contributed by atoms with van der Waals surface area (Å²) in [6.45, 7) is 1.99. The van der Waals surface area contributed by atoms with Gasteiger partial charge >= 0.3 is 0 Å². The van der Waals surface area contributed by atoms with Crippen LogP contribution in [0.25, 0.3) is 10.6 Å².